The van der Waals surface area contributed by atoms with Crippen LogP contribution in [0.2, 0.25) is 0 Å². The summed E-state index contributed by atoms with van der Waals surface area (Å²) >= 11 is 0. The molecule has 0 atom stereocenters. The lowest BCUT2D eigenvalue weighted by Gasteiger charge is -2.09. The van der Waals surface area contributed by atoms with Crippen molar-refractivity contribution in [1.29, 1.82) is 0 Å². The van der Waals surface area contributed by atoms with Gasteiger partial charge in [-0.25, -0.2) is 4.79 Å². The fraction of sp³-hybridized carbons (Fsp3) is 0.133. The summed E-state index contributed by atoms with van der Waals surface area (Å²) in [5, 5.41) is 10.6. The number of esters is 1. The van der Waals surface area contributed by atoms with E-state index in [1.807, 2.05) is 0 Å². The van der Waals surface area contributed by atoms with Gasteiger partial charge in [-0.2, -0.15) is 0 Å². The van der Waals surface area contributed by atoms with E-state index in [4.69, 9.17) is 13.9 Å². The van der Waals surface area contributed by atoms with E-state index in [1.54, 1.807) is 12.1 Å². The summed E-state index contributed by atoms with van der Waals surface area (Å²) in [6, 6.07) is 7.67. The van der Waals surface area contributed by atoms with Gasteiger partial charge < -0.3 is 13.9 Å². The minimum atomic E-state index is -0.659. The molecule has 0 N–H and O–H groups in total. The van der Waals surface area contributed by atoms with Gasteiger partial charge in [0.2, 0.25) is 11.5 Å². The molecule has 7 nitrogen and oxygen atoms in total. The molecular formula is C15H13NO6. The van der Waals surface area contributed by atoms with Crippen LogP contribution in [-0.2, 0) is 0 Å². The van der Waals surface area contributed by atoms with Gasteiger partial charge in [-0.3, -0.25) is 10.1 Å². The summed E-state index contributed by atoms with van der Waals surface area (Å²) in [4.78, 5) is 22.0. The topological polar surface area (TPSA) is 91.8 Å². The van der Waals surface area contributed by atoms with Crippen LogP contribution in [0.1, 0.15) is 23.0 Å². The van der Waals surface area contributed by atoms with Gasteiger partial charge in [0.25, 0.3) is 0 Å². The maximum atomic E-state index is 11.8. The van der Waals surface area contributed by atoms with Crippen LogP contribution in [0.5, 0.6) is 11.5 Å². The minimum Gasteiger partial charge on any atom is -0.493 e. The van der Waals surface area contributed by atoms with Crippen LogP contribution in [0.15, 0.2) is 46.7 Å². The number of methoxy groups -OCH3 is 1. The number of ether oxygens (including phenoxy) is 2. The third-order valence-electron chi connectivity index (χ3n) is 2.78. The van der Waals surface area contributed by atoms with Crippen LogP contribution >= 0.6 is 0 Å². The molecule has 1 aromatic heterocycles. The maximum Gasteiger partial charge on any atom is 0.379 e. The standard InChI is InChI=1S/C15H13NO6/c1-10(16(18)19)8-11-5-6-12(14(9-11)20-2)22-15(17)13-4-3-7-21-13/h3-9H,1-2H3/b10-8-. The molecule has 2 aromatic rings. The molecule has 0 saturated carbocycles. The third-order valence-corrected chi connectivity index (χ3v) is 2.78. The zero-order chi connectivity index (χ0) is 16.1. The molecule has 7 heteroatoms. The molecule has 0 aliphatic rings. The zero-order valence-corrected chi connectivity index (χ0v) is 11.9. The maximum absolute atomic E-state index is 11.8. The van der Waals surface area contributed by atoms with E-state index in [2.05, 4.69) is 0 Å². The zero-order valence-electron chi connectivity index (χ0n) is 11.9. The fourth-order valence-corrected chi connectivity index (χ4v) is 1.70. The van der Waals surface area contributed by atoms with Crippen molar-refractivity contribution in [3.8, 4) is 11.5 Å². The Morgan fingerprint density at radius 2 is 2.09 bits per heavy atom. The van der Waals surface area contributed by atoms with Gasteiger partial charge in [-0.15, -0.1) is 0 Å². The van der Waals surface area contributed by atoms with Crippen molar-refractivity contribution >= 4 is 12.0 Å². The number of rotatable bonds is 5. The van der Waals surface area contributed by atoms with Crippen molar-refractivity contribution in [3.63, 3.8) is 0 Å². The number of nitro groups is 1. The molecule has 0 radical (unpaired) electrons. The lowest BCUT2D eigenvalue weighted by atomic mass is 10.1. The first-order valence-electron chi connectivity index (χ1n) is 6.27. The number of hydrogen-bond acceptors (Lipinski definition) is 6. The Balaban J connectivity index is 2.25. The number of nitrogens with zero attached hydrogens (tertiary/aromatic N) is 1. The quantitative estimate of drug-likeness (QED) is 0.364. The van der Waals surface area contributed by atoms with Gasteiger partial charge in [-0.05, 0) is 29.8 Å². The molecule has 0 fully saturated rings. The first-order chi connectivity index (χ1) is 10.5. The van der Waals surface area contributed by atoms with Crippen LogP contribution in [0, 0.1) is 10.1 Å². The second-order valence-corrected chi connectivity index (χ2v) is 4.32. The average molecular weight is 303 g/mol. The molecular weight excluding hydrogens is 290 g/mol. The van der Waals surface area contributed by atoms with Crippen molar-refractivity contribution in [1.82, 2.24) is 0 Å². The number of benzene rings is 1. The second-order valence-electron chi connectivity index (χ2n) is 4.32. The van der Waals surface area contributed by atoms with Crippen molar-refractivity contribution in [2.45, 2.75) is 6.92 Å². The van der Waals surface area contributed by atoms with Crippen molar-refractivity contribution in [2.75, 3.05) is 7.11 Å². The van der Waals surface area contributed by atoms with E-state index < -0.39 is 10.9 Å². The Labute approximate surface area is 125 Å². The molecule has 1 heterocycles. The monoisotopic (exact) mass is 303 g/mol. The summed E-state index contributed by atoms with van der Waals surface area (Å²) in [6.45, 7) is 1.39. The first-order valence-corrected chi connectivity index (χ1v) is 6.27. The summed E-state index contributed by atoms with van der Waals surface area (Å²) in [6.07, 6.45) is 2.75. The first kappa shape index (κ1) is 15.3. The molecule has 0 unspecified atom stereocenters. The molecule has 1 aromatic carbocycles. The Kier molecular flexibility index (Phi) is 4.57. The number of carbonyl (C=O) groups excluding carboxylic acids is 1. The predicted octanol–water partition coefficient (Wildman–Crippen LogP) is 3.14. The minimum absolute atomic E-state index is 0.0117. The van der Waals surface area contributed by atoms with E-state index in [0.717, 1.165) is 0 Å². The van der Waals surface area contributed by atoms with E-state index in [1.165, 1.54) is 44.6 Å². The third kappa shape index (κ3) is 3.51. The molecule has 2 rings (SSSR count). The highest BCUT2D eigenvalue weighted by atomic mass is 16.6. The number of carbonyl (C=O) groups is 1. The normalized spacial score (nSPS) is 11.1. The SMILES string of the molecule is COc1cc(/C=C(/C)[N+](=O)[O-])ccc1OC(=O)c1ccco1. The molecule has 22 heavy (non-hydrogen) atoms. The second kappa shape index (κ2) is 6.57. The summed E-state index contributed by atoms with van der Waals surface area (Å²) in [5.74, 6) is -0.118. The van der Waals surface area contributed by atoms with Gasteiger partial charge in [0.05, 0.1) is 18.3 Å². The lowest BCUT2D eigenvalue weighted by molar-refractivity contribution is -0.422. The molecule has 0 aliphatic heterocycles. The van der Waals surface area contributed by atoms with E-state index in [9.17, 15) is 14.9 Å². The van der Waals surface area contributed by atoms with Crippen molar-refractivity contribution < 1.29 is 23.6 Å². The summed E-state index contributed by atoms with van der Waals surface area (Å²) in [5.41, 5.74) is 0.547. The van der Waals surface area contributed by atoms with Gasteiger partial charge >= 0.3 is 5.97 Å². The van der Waals surface area contributed by atoms with E-state index in [0.29, 0.717) is 5.56 Å². The predicted molar refractivity (Wildman–Crippen MR) is 77.3 cm³/mol. The molecule has 0 aliphatic carbocycles. The Morgan fingerprint density at radius 1 is 1.32 bits per heavy atom. The van der Waals surface area contributed by atoms with E-state index >= 15 is 0 Å². The molecule has 0 bridgehead atoms. The molecule has 0 saturated heterocycles. The summed E-state index contributed by atoms with van der Waals surface area (Å²) in [7, 11) is 1.41. The molecule has 114 valence electrons. The number of hydrogen-bond donors (Lipinski definition) is 0. The summed E-state index contributed by atoms with van der Waals surface area (Å²) < 4.78 is 15.3. The van der Waals surface area contributed by atoms with Gasteiger partial charge in [0.15, 0.2) is 11.5 Å². The van der Waals surface area contributed by atoms with E-state index in [-0.39, 0.29) is 23.0 Å². The van der Waals surface area contributed by atoms with Gasteiger partial charge in [-0.1, -0.05) is 6.07 Å². The average Bonchev–Trinajstić information content (AvgIpc) is 3.02. The van der Waals surface area contributed by atoms with Crippen LogP contribution < -0.4 is 9.47 Å². The smallest absolute Gasteiger partial charge is 0.379 e. The highest BCUT2D eigenvalue weighted by Crippen LogP contribution is 2.29. The number of allylic oxidation sites excluding steroid dienone is 1. The van der Waals surface area contributed by atoms with Gasteiger partial charge in [0.1, 0.15) is 0 Å². The number of furan rings is 1. The Hall–Kier alpha value is -3.09. The Morgan fingerprint density at radius 3 is 2.68 bits per heavy atom. The molecule has 0 spiro atoms. The van der Waals surface area contributed by atoms with Crippen LogP contribution in [0.3, 0.4) is 0 Å². The highest BCUT2D eigenvalue weighted by Gasteiger charge is 2.15. The van der Waals surface area contributed by atoms with Crippen molar-refractivity contribution in [2.24, 2.45) is 0 Å². The lowest BCUT2D eigenvalue weighted by Crippen LogP contribution is -2.08. The largest absolute Gasteiger partial charge is 0.493 e. The Bertz CT molecular complexity index is 718. The van der Waals surface area contributed by atoms with Crippen LogP contribution in [-0.4, -0.2) is 18.0 Å². The molecule has 0 amide bonds. The van der Waals surface area contributed by atoms with Gasteiger partial charge in [0, 0.05) is 13.0 Å². The highest BCUT2D eigenvalue weighted by molar-refractivity contribution is 5.88. The van der Waals surface area contributed by atoms with Crippen LogP contribution in [0.25, 0.3) is 6.08 Å². The van der Waals surface area contributed by atoms with Crippen LogP contribution in [0.4, 0.5) is 0 Å². The fourth-order valence-electron chi connectivity index (χ4n) is 1.70. The van der Waals surface area contributed by atoms with Crippen molar-refractivity contribution in [3.05, 3.63) is 63.7 Å².